The molecule has 0 unspecified atom stereocenters. The molecule has 0 heterocycles. The third-order valence-corrected chi connectivity index (χ3v) is 3.99. The number of carbonyl (C=O) groups excluding carboxylic acids is 2. The van der Waals surface area contributed by atoms with Crippen molar-refractivity contribution in [3.05, 3.63) is 46.4 Å². The standard InChI is InChI=1S/C14H6Cl2N2O2S/c15-11-5-9(1-3-13(11)17-7-19)21-10-2-4-14(18-8-20)12(16)6-10/h1-6H. The van der Waals surface area contributed by atoms with Crippen LogP contribution >= 0.6 is 35.0 Å². The summed E-state index contributed by atoms with van der Waals surface area (Å²) in [6, 6.07) is 10.2. The Hall–Kier alpha value is -1.87. The fraction of sp³-hybridized carbons (Fsp3) is 0. The van der Waals surface area contributed by atoms with Crippen LogP contribution in [0.1, 0.15) is 0 Å². The Balaban J connectivity index is 2.26. The van der Waals surface area contributed by atoms with Crippen molar-refractivity contribution in [2.75, 3.05) is 0 Å². The lowest BCUT2D eigenvalue weighted by Crippen LogP contribution is -1.76. The van der Waals surface area contributed by atoms with Crippen molar-refractivity contribution < 1.29 is 9.59 Å². The summed E-state index contributed by atoms with van der Waals surface area (Å²) in [5.74, 6) is 0. The molecule has 7 heteroatoms. The number of hydrogen-bond donors (Lipinski definition) is 0. The highest BCUT2D eigenvalue weighted by molar-refractivity contribution is 7.99. The van der Waals surface area contributed by atoms with Crippen LogP contribution in [-0.4, -0.2) is 12.2 Å². The Kier molecular flexibility index (Phi) is 5.34. The number of isocyanates is 2. The Bertz CT molecular complexity index is 717. The van der Waals surface area contributed by atoms with Crippen LogP contribution in [0.25, 0.3) is 0 Å². The second kappa shape index (κ2) is 7.23. The molecular formula is C14H6Cl2N2O2S. The molecule has 2 rings (SSSR count). The van der Waals surface area contributed by atoms with Crippen molar-refractivity contribution in [3.8, 4) is 0 Å². The molecule has 0 bridgehead atoms. The van der Waals surface area contributed by atoms with E-state index in [9.17, 15) is 9.59 Å². The normalized spacial score (nSPS) is 9.62. The van der Waals surface area contributed by atoms with Gasteiger partial charge < -0.3 is 0 Å². The van der Waals surface area contributed by atoms with E-state index in [-0.39, 0.29) is 0 Å². The molecule has 0 saturated heterocycles. The Morgan fingerprint density at radius 1 is 0.810 bits per heavy atom. The molecule has 0 aliphatic carbocycles. The third kappa shape index (κ3) is 4.05. The van der Waals surface area contributed by atoms with Crippen LogP contribution in [0.2, 0.25) is 10.0 Å². The van der Waals surface area contributed by atoms with Gasteiger partial charge in [-0.15, -0.1) is 0 Å². The Labute approximate surface area is 134 Å². The first-order valence-electron chi connectivity index (χ1n) is 5.56. The van der Waals surface area contributed by atoms with Crippen LogP contribution in [0.15, 0.2) is 56.2 Å². The lowest BCUT2D eigenvalue weighted by Gasteiger charge is -2.05. The van der Waals surface area contributed by atoms with Gasteiger partial charge in [0.2, 0.25) is 12.2 Å². The predicted molar refractivity (Wildman–Crippen MR) is 82.6 cm³/mol. The van der Waals surface area contributed by atoms with Crippen LogP contribution < -0.4 is 0 Å². The molecule has 2 aromatic rings. The van der Waals surface area contributed by atoms with Gasteiger partial charge in [-0.2, -0.15) is 9.98 Å². The Morgan fingerprint density at radius 3 is 1.57 bits per heavy atom. The minimum Gasteiger partial charge on any atom is -0.211 e. The second-order valence-corrected chi connectivity index (χ2v) is 5.70. The average molecular weight is 337 g/mol. The summed E-state index contributed by atoms with van der Waals surface area (Å²) in [5.41, 5.74) is 0.731. The van der Waals surface area contributed by atoms with Crippen molar-refractivity contribution in [1.29, 1.82) is 0 Å². The minimum absolute atomic E-state index is 0.358. The molecule has 0 aromatic heterocycles. The van der Waals surface area contributed by atoms with Gasteiger partial charge in [-0.3, -0.25) is 0 Å². The van der Waals surface area contributed by atoms with E-state index < -0.39 is 0 Å². The van der Waals surface area contributed by atoms with Crippen LogP contribution in [0.4, 0.5) is 11.4 Å². The number of halogens is 2. The maximum atomic E-state index is 10.2. The van der Waals surface area contributed by atoms with E-state index in [2.05, 4.69) is 9.98 Å². The summed E-state index contributed by atoms with van der Waals surface area (Å²) in [7, 11) is 0. The van der Waals surface area contributed by atoms with Gasteiger partial charge in [0.25, 0.3) is 0 Å². The highest BCUT2D eigenvalue weighted by Gasteiger charge is 2.05. The topological polar surface area (TPSA) is 58.9 Å². The fourth-order valence-electron chi connectivity index (χ4n) is 1.52. The first-order valence-corrected chi connectivity index (χ1v) is 7.14. The van der Waals surface area contributed by atoms with Crippen LogP contribution in [0.3, 0.4) is 0 Å². The summed E-state index contributed by atoms with van der Waals surface area (Å²) < 4.78 is 0. The summed E-state index contributed by atoms with van der Waals surface area (Å²) in [5, 5.41) is 0.716. The highest BCUT2D eigenvalue weighted by Crippen LogP contribution is 2.36. The van der Waals surface area contributed by atoms with Gasteiger partial charge >= 0.3 is 0 Å². The highest BCUT2D eigenvalue weighted by atomic mass is 35.5. The molecule has 0 spiro atoms. The van der Waals surface area contributed by atoms with Crippen molar-refractivity contribution in [2.45, 2.75) is 9.79 Å². The summed E-state index contributed by atoms with van der Waals surface area (Å²) >= 11 is 13.4. The number of rotatable bonds is 4. The van der Waals surface area contributed by atoms with E-state index in [4.69, 9.17) is 23.2 Å². The monoisotopic (exact) mass is 336 g/mol. The molecule has 104 valence electrons. The lowest BCUT2D eigenvalue weighted by molar-refractivity contribution is 0.564. The molecule has 0 saturated carbocycles. The molecule has 0 amide bonds. The lowest BCUT2D eigenvalue weighted by atomic mass is 10.3. The van der Waals surface area contributed by atoms with E-state index in [0.717, 1.165) is 9.79 Å². The van der Waals surface area contributed by atoms with Gasteiger partial charge in [-0.1, -0.05) is 35.0 Å². The molecule has 0 radical (unpaired) electrons. The van der Waals surface area contributed by atoms with E-state index in [1.807, 2.05) is 0 Å². The molecule has 0 atom stereocenters. The molecule has 0 aliphatic rings. The SMILES string of the molecule is O=C=Nc1ccc(Sc2ccc(N=C=O)c(Cl)c2)cc1Cl. The average Bonchev–Trinajstić information content (AvgIpc) is 2.45. The molecular weight excluding hydrogens is 331 g/mol. The largest absolute Gasteiger partial charge is 0.240 e. The van der Waals surface area contributed by atoms with E-state index >= 15 is 0 Å². The molecule has 21 heavy (non-hydrogen) atoms. The zero-order valence-corrected chi connectivity index (χ0v) is 12.7. The molecule has 4 nitrogen and oxygen atoms in total. The number of nitrogens with zero attached hydrogens (tertiary/aromatic N) is 2. The van der Waals surface area contributed by atoms with E-state index in [1.54, 1.807) is 36.4 Å². The maximum absolute atomic E-state index is 10.2. The third-order valence-electron chi connectivity index (χ3n) is 2.41. The molecule has 0 aliphatic heterocycles. The molecule has 0 N–H and O–H groups in total. The van der Waals surface area contributed by atoms with Crippen molar-refractivity contribution in [2.24, 2.45) is 9.98 Å². The predicted octanol–water partition coefficient (Wildman–Crippen LogP) is 5.08. The summed E-state index contributed by atoms with van der Waals surface area (Å²) in [4.78, 5) is 29.1. The van der Waals surface area contributed by atoms with Crippen molar-refractivity contribution >= 4 is 58.5 Å². The zero-order chi connectivity index (χ0) is 15.2. The quantitative estimate of drug-likeness (QED) is 0.577. The van der Waals surface area contributed by atoms with E-state index in [1.165, 1.54) is 23.9 Å². The van der Waals surface area contributed by atoms with Gasteiger partial charge in [-0.25, -0.2) is 9.59 Å². The Morgan fingerprint density at radius 2 is 1.24 bits per heavy atom. The first-order chi connectivity index (χ1) is 10.1. The molecule has 0 fully saturated rings. The maximum Gasteiger partial charge on any atom is 0.240 e. The second-order valence-electron chi connectivity index (χ2n) is 3.73. The van der Waals surface area contributed by atoms with Gasteiger partial charge in [0.1, 0.15) is 0 Å². The van der Waals surface area contributed by atoms with E-state index in [0.29, 0.717) is 21.4 Å². The van der Waals surface area contributed by atoms with Gasteiger partial charge in [0.05, 0.1) is 21.4 Å². The number of benzene rings is 2. The minimum atomic E-state index is 0.358. The van der Waals surface area contributed by atoms with Gasteiger partial charge in [0, 0.05) is 9.79 Å². The van der Waals surface area contributed by atoms with Gasteiger partial charge in [-0.05, 0) is 36.4 Å². The van der Waals surface area contributed by atoms with Crippen LogP contribution in [0.5, 0.6) is 0 Å². The number of hydrogen-bond acceptors (Lipinski definition) is 5. The van der Waals surface area contributed by atoms with Gasteiger partial charge in [0.15, 0.2) is 0 Å². The van der Waals surface area contributed by atoms with Crippen LogP contribution in [-0.2, 0) is 9.59 Å². The first kappa shape index (κ1) is 15.5. The van der Waals surface area contributed by atoms with Crippen molar-refractivity contribution in [3.63, 3.8) is 0 Å². The zero-order valence-electron chi connectivity index (χ0n) is 10.3. The smallest absolute Gasteiger partial charge is 0.211 e. The molecule has 2 aromatic carbocycles. The summed E-state index contributed by atoms with van der Waals surface area (Å²) in [6.07, 6.45) is 2.89. The van der Waals surface area contributed by atoms with Crippen molar-refractivity contribution in [1.82, 2.24) is 0 Å². The summed E-state index contributed by atoms with van der Waals surface area (Å²) in [6.45, 7) is 0. The fourth-order valence-corrected chi connectivity index (χ4v) is 2.99. The van der Waals surface area contributed by atoms with Crippen LogP contribution in [0, 0.1) is 0 Å². The number of aliphatic imine (C=N–C) groups is 2.